The van der Waals surface area contributed by atoms with Crippen LogP contribution in [0.3, 0.4) is 0 Å². The van der Waals surface area contributed by atoms with Gasteiger partial charge in [-0.05, 0) is 34.7 Å². The predicted octanol–water partition coefficient (Wildman–Crippen LogP) is 0.557. The summed E-state index contributed by atoms with van der Waals surface area (Å²) in [6.45, 7) is -0.546. The number of nitrogens with zero attached hydrogens (tertiary/aromatic N) is 4. The van der Waals surface area contributed by atoms with E-state index in [4.69, 9.17) is 10.5 Å². The highest BCUT2D eigenvalue weighted by Gasteiger charge is 2.17. The van der Waals surface area contributed by atoms with Gasteiger partial charge < -0.3 is 15.8 Å². The summed E-state index contributed by atoms with van der Waals surface area (Å²) in [5.41, 5.74) is 6.25. The molecular weight excluding hydrogens is 352 g/mol. The molecule has 3 aromatic rings. The summed E-state index contributed by atoms with van der Waals surface area (Å²) in [7, 11) is 0. The van der Waals surface area contributed by atoms with E-state index in [1.54, 1.807) is 30.3 Å². The second kappa shape index (κ2) is 7.87. The van der Waals surface area contributed by atoms with E-state index < -0.39 is 24.4 Å². The van der Waals surface area contributed by atoms with E-state index >= 15 is 0 Å². The number of anilines is 1. The molecule has 0 saturated heterocycles. The third kappa shape index (κ3) is 4.12. The number of rotatable bonds is 6. The lowest BCUT2D eigenvalue weighted by Crippen LogP contribution is -2.23. The molecule has 0 bridgehead atoms. The highest BCUT2D eigenvalue weighted by atomic mass is 16.5. The SMILES string of the molecule is NC(=O)c1ccccc1NC(=O)COC(=O)c1ccccc1-n1cnnn1. The van der Waals surface area contributed by atoms with Crippen LogP contribution in [0.15, 0.2) is 54.9 Å². The lowest BCUT2D eigenvalue weighted by atomic mass is 10.1. The number of hydrogen-bond acceptors (Lipinski definition) is 7. The topological polar surface area (TPSA) is 142 Å². The Morgan fingerprint density at radius 3 is 2.44 bits per heavy atom. The maximum absolute atomic E-state index is 12.3. The minimum Gasteiger partial charge on any atom is -0.452 e. The van der Waals surface area contributed by atoms with Gasteiger partial charge in [0, 0.05) is 0 Å². The Morgan fingerprint density at radius 1 is 1.04 bits per heavy atom. The monoisotopic (exact) mass is 366 g/mol. The zero-order chi connectivity index (χ0) is 19.2. The van der Waals surface area contributed by atoms with Crippen molar-refractivity contribution in [3.8, 4) is 5.69 Å². The van der Waals surface area contributed by atoms with Gasteiger partial charge in [0.2, 0.25) is 0 Å². The lowest BCUT2D eigenvalue weighted by molar-refractivity contribution is -0.119. The van der Waals surface area contributed by atoms with Crippen LogP contribution in [0.5, 0.6) is 0 Å². The average Bonchev–Trinajstić information content (AvgIpc) is 3.21. The molecule has 0 unspecified atom stereocenters. The average molecular weight is 366 g/mol. The number of primary amides is 1. The number of nitrogens with one attached hydrogen (secondary N) is 1. The minimum atomic E-state index is -0.723. The first-order valence-electron chi connectivity index (χ1n) is 7.74. The van der Waals surface area contributed by atoms with Crippen LogP contribution in [-0.2, 0) is 9.53 Å². The van der Waals surface area contributed by atoms with Crippen LogP contribution in [0.2, 0.25) is 0 Å². The van der Waals surface area contributed by atoms with Crippen molar-refractivity contribution in [2.45, 2.75) is 0 Å². The van der Waals surface area contributed by atoms with E-state index in [2.05, 4.69) is 20.8 Å². The van der Waals surface area contributed by atoms with Crippen LogP contribution in [0.25, 0.3) is 5.69 Å². The number of amides is 2. The van der Waals surface area contributed by atoms with Crippen molar-refractivity contribution in [3.05, 3.63) is 66.0 Å². The van der Waals surface area contributed by atoms with Crippen molar-refractivity contribution >= 4 is 23.5 Å². The molecule has 3 rings (SSSR count). The fraction of sp³-hybridized carbons (Fsp3) is 0.0588. The Morgan fingerprint density at radius 2 is 1.74 bits per heavy atom. The molecule has 10 heteroatoms. The molecule has 2 aromatic carbocycles. The first kappa shape index (κ1) is 17.7. The molecule has 0 aliphatic rings. The van der Waals surface area contributed by atoms with Crippen LogP contribution < -0.4 is 11.1 Å². The number of tetrazole rings is 1. The van der Waals surface area contributed by atoms with E-state index in [1.807, 2.05) is 0 Å². The van der Waals surface area contributed by atoms with Gasteiger partial charge in [0.05, 0.1) is 22.5 Å². The Kier molecular flexibility index (Phi) is 5.17. The van der Waals surface area contributed by atoms with Gasteiger partial charge in [0.25, 0.3) is 11.8 Å². The number of hydrogen-bond donors (Lipinski definition) is 2. The van der Waals surface area contributed by atoms with Gasteiger partial charge in [0.15, 0.2) is 6.61 Å². The summed E-state index contributed by atoms with van der Waals surface area (Å²) in [5, 5.41) is 13.3. The number of benzene rings is 2. The van der Waals surface area contributed by atoms with Crippen molar-refractivity contribution in [1.82, 2.24) is 20.2 Å². The summed E-state index contributed by atoms with van der Waals surface area (Å²) in [4.78, 5) is 35.8. The first-order valence-corrected chi connectivity index (χ1v) is 7.74. The summed E-state index contributed by atoms with van der Waals surface area (Å²) < 4.78 is 6.36. The van der Waals surface area contributed by atoms with Crippen molar-refractivity contribution < 1.29 is 19.1 Å². The van der Waals surface area contributed by atoms with Gasteiger partial charge in [-0.15, -0.1) is 5.10 Å². The molecule has 3 N–H and O–H groups in total. The second-order valence-electron chi connectivity index (χ2n) is 5.31. The number of aromatic nitrogens is 4. The van der Waals surface area contributed by atoms with Crippen LogP contribution in [0.1, 0.15) is 20.7 Å². The van der Waals surface area contributed by atoms with Gasteiger partial charge in [-0.1, -0.05) is 24.3 Å². The summed E-state index contributed by atoms with van der Waals surface area (Å²) in [6.07, 6.45) is 1.33. The van der Waals surface area contributed by atoms with Crippen LogP contribution >= 0.6 is 0 Å². The molecule has 0 aliphatic heterocycles. The quantitative estimate of drug-likeness (QED) is 0.607. The number of esters is 1. The van der Waals surface area contributed by atoms with Gasteiger partial charge in [0.1, 0.15) is 6.33 Å². The zero-order valence-corrected chi connectivity index (χ0v) is 13.9. The summed E-state index contributed by atoms with van der Waals surface area (Å²) >= 11 is 0. The minimum absolute atomic E-state index is 0.154. The Bertz CT molecular complexity index is 987. The molecule has 10 nitrogen and oxygen atoms in total. The molecule has 0 fully saturated rings. The zero-order valence-electron chi connectivity index (χ0n) is 13.9. The fourth-order valence-corrected chi connectivity index (χ4v) is 2.32. The first-order chi connectivity index (χ1) is 13.1. The van der Waals surface area contributed by atoms with E-state index in [-0.39, 0.29) is 16.8 Å². The number of nitrogens with two attached hydrogens (primary N) is 1. The standard InChI is InChI=1S/C17H14N6O4/c18-16(25)11-5-1-3-7-13(11)20-15(24)9-27-17(26)12-6-2-4-8-14(12)23-10-19-21-22-23/h1-8,10H,9H2,(H2,18,25)(H,20,24). The molecule has 0 aliphatic carbocycles. The van der Waals surface area contributed by atoms with Crippen molar-refractivity contribution in [2.24, 2.45) is 5.73 Å². The molecule has 136 valence electrons. The second-order valence-corrected chi connectivity index (χ2v) is 5.31. The molecule has 2 amide bonds. The smallest absolute Gasteiger partial charge is 0.340 e. The van der Waals surface area contributed by atoms with Gasteiger partial charge in [-0.25, -0.2) is 4.79 Å². The largest absolute Gasteiger partial charge is 0.452 e. The molecule has 1 heterocycles. The van der Waals surface area contributed by atoms with Crippen molar-refractivity contribution in [1.29, 1.82) is 0 Å². The van der Waals surface area contributed by atoms with Gasteiger partial charge in [-0.3, -0.25) is 9.59 Å². The van der Waals surface area contributed by atoms with Gasteiger partial charge in [-0.2, -0.15) is 4.68 Å². The van der Waals surface area contributed by atoms with E-state index in [1.165, 1.54) is 29.2 Å². The summed E-state index contributed by atoms with van der Waals surface area (Å²) in [6, 6.07) is 12.8. The molecular formula is C17H14N6O4. The number of ether oxygens (including phenoxy) is 1. The van der Waals surface area contributed by atoms with Gasteiger partial charge >= 0.3 is 5.97 Å². The molecule has 1 aromatic heterocycles. The maximum atomic E-state index is 12.3. The Labute approximate surface area is 152 Å². The highest BCUT2D eigenvalue weighted by molar-refractivity contribution is 6.03. The summed E-state index contributed by atoms with van der Waals surface area (Å²) in [5.74, 6) is -2.02. The lowest BCUT2D eigenvalue weighted by Gasteiger charge is -2.10. The molecule has 0 saturated carbocycles. The molecule has 0 atom stereocenters. The highest BCUT2D eigenvalue weighted by Crippen LogP contribution is 2.15. The van der Waals surface area contributed by atoms with Crippen molar-refractivity contribution in [3.63, 3.8) is 0 Å². The van der Waals surface area contributed by atoms with Crippen LogP contribution in [-0.4, -0.2) is 44.6 Å². The molecule has 0 spiro atoms. The molecule has 27 heavy (non-hydrogen) atoms. The predicted molar refractivity (Wildman–Crippen MR) is 93.0 cm³/mol. The number of para-hydroxylation sites is 2. The third-order valence-electron chi connectivity index (χ3n) is 3.52. The Hall–Kier alpha value is -4.08. The Balaban J connectivity index is 1.67. The fourth-order valence-electron chi connectivity index (χ4n) is 2.32. The molecule has 0 radical (unpaired) electrons. The van der Waals surface area contributed by atoms with Crippen LogP contribution in [0, 0.1) is 0 Å². The number of carbonyl (C=O) groups excluding carboxylic acids is 3. The van der Waals surface area contributed by atoms with E-state index in [0.29, 0.717) is 5.69 Å². The van der Waals surface area contributed by atoms with E-state index in [0.717, 1.165) is 0 Å². The van der Waals surface area contributed by atoms with E-state index in [9.17, 15) is 14.4 Å². The third-order valence-corrected chi connectivity index (χ3v) is 3.52. The van der Waals surface area contributed by atoms with Crippen LogP contribution in [0.4, 0.5) is 5.69 Å². The van der Waals surface area contributed by atoms with Crippen molar-refractivity contribution in [2.75, 3.05) is 11.9 Å². The maximum Gasteiger partial charge on any atom is 0.340 e. The number of carbonyl (C=O) groups is 3. The normalized spacial score (nSPS) is 10.2.